The van der Waals surface area contributed by atoms with E-state index in [1.165, 1.54) is 23.8 Å². The molecule has 1 fully saturated rings. The van der Waals surface area contributed by atoms with Crippen molar-refractivity contribution in [2.45, 2.75) is 20.1 Å². The Morgan fingerprint density at radius 2 is 1.71 bits per heavy atom. The van der Waals surface area contributed by atoms with Crippen molar-refractivity contribution in [2.75, 3.05) is 0 Å². The van der Waals surface area contributed by atoms with E-state index in [1.54, 1.807) is 12.1 Å². The Balaban J connectivity index is 1.49. The monoisotopic (exact) mass is 712 g/mol. The Hall–Kier alpha value is -2.45. The summed E-state index contributed by atoms with van der Waals surface area (Å²) in [5.41, 5.74) is 3.48. The minimum atomic E-state index is -0.505. The van der Waals surface area contributed by atoms with E-state index >= 15 is 0 Å². The molecule has 0 aliphatic carbocycles. The lowest BCUT2D eigenvalue weighted by Crippen LogP contribution is -2.27. The summed E-state index contributed by atoms with van der Waals surface area (Å²) in [5, 5.41) is 10.6. The predicted molar refractivity (Wildman–Crippen MR) is 152 cm³/mol. The lowest BCUT2D eigenvalue weighted by molar-refractivity contribution is -0.384. The number of hydrogen-bond acceptors (Lipinski definition) is 6. The maximum Gasteiger partial charge on any atom is 0.293 e. The summed E-state index contributed by atoms with van der Waals surface area (Å²) in [6, 6.07) is 17.9. The molecular formula is C25H18I2N2O5S. The van der Waals surface area contributed by atoms with Gasteiger partial charge in [0, 0.05) is 12.1 Å². The second-order valence-electron chi connectivity index (χ2n) is 7.78. The summed E-state index contributed by atoms with van der Waals surface area (Å²) in [4.78, 5) is 37.3. The molecule has 3 aromatic carbocycles. The van der Waals surface area contributed by atoms with E-state index in [4.69, 9.17) is 4.74 Å². The van der Waals surface area contributed by atoms with Gasteiger partial charge >= 0.3 is 0 Å². The number of benzene rings is 3. The van der Waals surface area contributed by atoms with Gasteiger partial charge in [-0.1, -0.05) is 42.0 Å². The molecule has 10 heteroatoms. The SMILES string of the molecule is Cc1ccc(COc2c(I)cc(/C=C3/SC(=O)N(Cc4cccc([N+](=O)[O-])c4)C3=O)cc2I)cc1. The van der Waals surface area contributed by atoms with Crippen LogP contribution in [0.5, 0.6) is 5.75 Å². The summed E-state index contributed by atoms with van der Waals surface area (Å²) in [6.45, 7) is 2.46. The van der Waals surface area contributed by atoms with Crippen molar-refractivity contribution in [3.63, 3.8) is 0 Å². The van der Waals surface area contributed by atoms with Crippen molar-refractivity contribution in [3.8, 4) is 5.75 Å². The Labute approximate surface area is 233 Å². The van der Waals surface area contributed by atoms with Gasteiger partial charge in [0.1, 0.15) is 12.4 Å². The first-order valence-electron chi connectivity index (χ1n) is 10.4. The lowest BCUT2D eigenvalue weighted by atomic mass is 10.1. The largest absolute Gasteiger partial charge is 0.487 e. The van der Waals surface area contributed by atoms with Crippen molar-refractivity contribution >= 4 is 79.9 Å². The number of aryl methyl sites for hydroxylation is 1. The van der Waals surface area contributed by atoms with Crippen LogP contribution in [-0.4, -0.2) is 21.0 Å². The fourth-order valence-electron chi connectivity index (χ4n) is 3.38. The number of thioether (sulfide) groups is 1. The van der Waals surface area contributed by atoms with Crippen LogP contribution >= 0.6 is 56.9 Å². The van der Waals surface area contributed by atoms with Crippen molar-refractivity contribution in [1.82, 2.24) is 4.90 Å². The maximum atomic E-state index is 12.9. The third-order valence-corrected chi connectivity index (χ3v) is 7.67. The second-order valence-corrected chi connectivity index (χ2v) is 11.1. The number of carbonyl (C=O) groups excluding carboxylic acids is 2. The fraction of sp³-hybridized carbons (Fsp3) is 0.120. The highest BCUT2D eigenvalue weighted by Crippen LogP contribution is 2.36. The Morgan fingerprint density at radius 1 is 1.03 bits per heavy atom. The first-order chi connectivity index (χ1) is 16.7. The zero-order chi connectivity index (χ0) is 25.1. The number of non-ortho nitro benzene ring substituents is 1. The molecule has 0 atom stereocenters. The van der Waals surface area contributed by atoms with Crippen LogP contribution in [0.3, 0.4) is 0 Å². The molecule has 0 spiro atoms. The van der Waals surface area contributed by atoms with Gasteiger partial charge in [0.25, 0.3) is 16.8 Å². The smallest absolute Gasteiger partial charge is 0.293 e. The fourth-order valence-corrected chi connectivity index (χ4v) is 6.35. The Morgan fingerprint density at radius 3 is 2.37 bits per heavy atom. The molecule has 4 rings (SSSR count). The molecule has 3 aromatic rings. The standard InChI is InChI=1S/C25H18I2N2O5S/c1-15-5-7-16(8-6-15)14-34-23-20(26)10-18(11-21(23)27)12-22-24(30)28(25(31)35-22)13-17-3-2-4-19(9-17)29(32)33/h2-12H,13-14H2,1H3/b22-12+. The molecule has 0 bridgehead atoms. The number of carbonyl (C=O) groups is 2. The molecule has 0 N–H and O–H groups in total. The summed E-state index contributed by atoms with van der Waals surface area (Å²) >= 11 is 5.26. The minimum absolute atomic E-state index is 0.0233. The lowest BCUT2D eigenvalue weighted by Gasteiger charge is -2.13. The molecule has 1 aliphatic rings. The number of amides is 2. The van der Waals surface area contributed by atoms with Crippen LogP contribution in [-0.2, 0) is 17.9 Å². The number of nitro benzene ring substituents is 1. The molecule has 0 saturated carbocycles. The molecular weight excluding hydrogens is 694 g/mol. The van der Waals surface area contributed by atoms with Crippen molar-refractivity contribution < 1.29 is 19.2 Å². The summed E-state index contributed by atoms with van der Waals surface area (Å²) in [7, 11) is 0. The van der Waals surface area contributed by atoms with Crippen LogP contribution in [0.25, 0.3) is 6.08 Å². The predicted octanol–water partition coefficient (Wildman–Crippen LogP) is 6.93. The van der Waals surface area contributed by atoms with Crippen molar-refractivity contribution in [2.24, 2.45) is 0 Å². The van der Waals surface area contributed by atoms with Crippen molar-refractivity contribution in [1.29, 1.82) is 0 Å². The molecule has 2 amide bonds. The molecule has 0 unspecified atom stereocenters. The highest BCUT2D eigenvalue weighted by molar-refractivity contribution is 14.1. The molecule has 0 aromatic heterocycles. The molecule has 35 heavy (non-hydrogen) atoms. The summed E-state index contributed by atoms with van der Waals surface area (Å²) < 4.78 is 7.83. The van der Waals surface area contributed by atoms with Gasteiger partial charge in [0.05, 0.1) is 23.5 Å². The molecule has 7 nitrogen and oxygen atoms in total. The Bertz CT molecular complexity index is 1340. The first kappa shape index (κ1) is 25.6. The van der Waals surface area contributed by atoms with Crippen LogP contribution in [0.2, 0.25) is 0 Å². The van der Waals surface area contributed by atoms with E-state index in [0.717, 1.165) is 40.7 Å². The van der Waals surface area contributed by atoms with E-state index in [1.807, 2.05) is 43.3 Å². The Kier molecular flexibility index (Phi) is 8.12. The van der Waals surface area contributed by atoms with Crippen LogP contribution in [0.15, 0.2) is 65.6 Å². The van der Waals surface area contributed by atoms with Gasteiger partial charge in [-0.25, -0.2) is 0 Å². The van der Waals surface area contributed by atoms with Crippen LogP contribution in [0.4, 0.5) is 10.5 Å². The number of halogens is 2. The molecule has 0 radical (unpaired) electrons. The molecule has 1 aliphatic heterocycles. The summed E-state index contributed by atoms with van der Waals surface area (Å²) in [5.74, 6) is 0.346. The number of rotatable bonds is 7. The minimum Gasteiger partial charge on any atom is -0.487 e. The molecule has 178 valence electrons. The van der Waals surface area contributed by atoms with E-state index < -0.39 is 16.1 Å². The highest BCUT2D eigenvalue weighted by Gasteiger charge is 2.35. The average Bonchev–Trinajstić information content (AvgIpc) is 3.07. The quantitative estimate of drug-likeness (QED) is 0.114. The van der Waals surface area contributed by atoms with Crippen molar-refractivity contribution in [3.05, 3.63) is 105 Å². The van der Waals surface area contributed by atoms with Gasteiger partial charge in [-0.3, -0.25) is 24.6 Å². The van der Waals surface area contributed by atoms with Crippen LogP contribution in [0, 0.1) is 24.2 Å². The number of ether oxygens (including phenoxy) is 1. The third kappa shape index (κ3) is 6.22. The number of nitro groups is 1. The normalized spacial score (nSPS) is 14.6. The van der Waals surface area contributed by atoms with Gasteiger partial charge in [-0.2, -0.15) is 0 Å². The maximum absolute atomic E-state index is 12.9. The zero-order valence-electron chi connectivity index (χ0n) is 18.4. The number of imide groups is 1. The van der Waals surface area contributed by atoms with E-state index in [0.29, 0.717) is 17.1 Å². The number of hydrogen-bond donors (Lipinski definition) is 0. The first-order valence-corrected chi connectivity index (χ1v) is 13.3. The molecule has 1 heterocycles. The van der Waals surface area contributed by atoms with Gasteiger partial charge in [-0.05, 0) is 98.8 Å². The average molecular weight is 712 g/mol. The second kappa shape index (κ2) is 11.1. The topological polar surface area (TPSA) is 89.8 Å². The van der Waals surface area contributed by atoms with Gasteiger partial charge < -0.3 is 4.74 Å². The third-order valence-electron chi connectivity index (χ3n) is 5.16. The van der Waals surface area contributed by atoms with E-state index in [9.17, 15) is 19.7 Å². The van der Waals surface area contributed by atoms with E-state index in [2.05, 4.69) is 45.2 Å². The zero-order valence-corrected chi connectivity index (χ0v) is 23.5. The highest BCUT2D eigenvalue weighted by atomic mass is 127. The van der Waals surface area contributed by atoms with Gasteiger partial charge in [0.2, 0.25) is 0 Å². The molecule has 1 saturated heterocycles. The van der Waals surface area contributed by atoms with Gasteiger partial charge in [-0.15, -0.1) is 0 Å². The number of nitrogens with zero attached hydrogens (tertiary/aromatic N) is 2. The van der Waals surface area contributed by atoms with E-state index in [-0.39, 0.29) is 12.2 Å². The summed E-state index contributed by atoms with van der Waals surface area (Å²) in [6.07, 6.45) is 1.69. The van der Waals surface area contributed by atoms with Gasteiger partial charge in [0.15, 0.2) is 0 Å². The van der Waals surface area contributed by atoms with Crippen LogP contribution < -0.4 is 4.74 Å². The van der Waals surface area contributed by atoms with Crippen LogP contribution in [0.1, 0.15) is 22.3 Å².